The van der Waals surface area contributed by atoms with E-state index in [-0.39, 0.29) is 5.91 Å². The molecule has 0 aromatic carbocycles. The van der Waals surface area contributed by atoms with Crippen LogP contribution in [0.15, 0.2) is 0 Å². The molecular weight excluding hydrogens is 244 g/mol. The number of hydrogen-bond acceptors (Lipinski definition) is 4. The quantitative estimate of drug-likeness (QED) is 0.736. The predicted octanol–water partition coefficient (Wildman–Crippen LogP) is 0.422. The lowest BCUT2D eigenvalue weighted by molar-refractivity contribution is -0.132. The Morgan fingerprint density at radius 3 is 2.74 bits per heavy atom. The summed E-state index contributed by atoms with van der Waals surface area (Å²) in [7, 11) is 0. The van der Waals surface area contributed by atoms with E-state index in [2.05, 4.69) is 15.5 Å². The third-order valence-corrected chi connectivity index (χ3v) is 4.09. The fourth-order valence-corrected chi connectivity index (χ4v) is 2.84. The third kappa shape index (κ3) is 2.37. The summed E-state index contributed by atoms with van der Waals surface area (Å²) < 4.78 is 0. The van der Waals surface area contributed by atoms with Gasteiger partial charge in [-0.3, -0.25) is 14.8 Å². The Labute approximate surface area is 112 Å². The van der Waals surface area contributed by atoms with Crippen molar-refractivity contribution < 1.29 is 9.90 Å². The van der Waals surface area contributed by atoms with Crippen molar-refractivity contribution in [2.75, 3.05) is 25.0 Å². The number of carbonyl (C=O) groups is 1. The molecule has 1 aromatic rings. The zero-order valence-corrected chi connectivity index (χ0v) is 11.4. The molecule has 6 heteroatoms. The van der Waals surface area contributed by atoms with Gasteiger partial charge in [-0.1, -0.05) is 0 Å². The molecule has 1 saturated heterocycles. The molecular formula is C13H20N4O2. The summed E-state index contributed by atoms with van der Waals surface area (Å²) in [5.74, 6) is 0.413. The fraction of sp³-hybridized carbons (Fsp3) is 0.692. The average Bonchev–Trinajstić information content (AvgIpc) is 3.10. The molecule has 2 fully saturated rings. The third-order valence-electron chi connectivity index (χ3n) is 4.09. The van der Waals surface area contributed by atoms with Gasteiger partial charge in [0.25, 0.3) is 0 Å². The Balaban J connectivity index is 1.50. The lowest BCUT2D eigenvalue weighted by Crippen LogP contribution is -2.64. The minimum absolute atomic E-state index is 0.0505. The van der Waals surface area contributed by atoms with Gasteiger partial charge >= 0.3 is 0 Å². The van der Waals surface area contributed by atoms with Crippen LogP contribution in [-0.4, -0.2) is 51.3 Å². The maximum Gasteiger partial charge on any atom is 0.238 e. The topological polar surface area (TPSA) is 81.2 Å². The molecule has 1 amide bonds. The first-order valence-corrected chi connectivity index (χ1v) is 6.74. The number of anilines is 1. The van der Waals surface area contributed by atoms with Crippen molar-refractivity contribution in [2.45, 2.75) is 32.3 Å². The van der Waals surface area contributed by atoms with Crippen molar-refractivity contribution >= 4 is 11.6 Å². The van der Waals surface area contributed by atoms with Gasteiger partial charge in [0, 0.05) is 13.1 Å². The first-order valence-electron chi connectivity index (χ1n) is 6.74. The van der Waals surface area contributed by atoms with Gasteiger partial charge in [-0.15, -0.1) is 0 Å². The van der Waals surface area contributed by atoms with Crippen LogP contribution in [0.4, 0.5) is 5.69 Å². The highest BCUT2D eigenvalue weighted by atomic mass is 16.3. The SMILES string of the molecule is Cc1n[nH]c(C)c1NC(=O)CN1CC(O)(C2CC2)C1. The van der Waals surface area contributed by atoms with Crippen LogP contribution in [0.5, 0.6) is 0 Å². The number of nitrogens with one attached hydrogen (secondary N) is 2. The standard InChI is InChI=1S/C13H20N4O2/c1-8-12(9(2)16-15-8)14-11(18)5-17-6-13(19,7-17)10-3-4-10/h10,19H,3-7H2,1-2H3,(H,14,18)(H,15,16). The number of aromatic amines is 1. The monoisotopic (exact) mass is 264 g/mol. The zero-order valence-electron chi connectivity index (χ0n) is 11.4. The van der Waals surface area contributed by atoms with Gasteiger partial charge < -0.3 is 10.4 Å². The zero-order chi connectivity index (χ0) is 13.6. The summed E-state index contributed by atoms with van der Waals surface area (Å²) in [6.45, 7) is 5.31. The lowest BCUT2D eigenvalue weighted by Gasteiger charge is -2.46. The van der Waals surface area contributed by atoms with Crippen molar-refractivity contribution in [3.63, 3.8) is 0 Å². The van der Waals surface area contributed by atoms with Crippen molar-refractivity contribution in [2.24, 2.45) is 5.92 Å². The summed E-state index contributed by atoms with van der Waals surface area (Å²) in [6, 6.07) is 0. The molecule has 1 aromatic heterocycles. The largest absolute Gasteiger partial charge is 0.387 e. The number of H-pyrrole nitrogens is 1. The normalized spacial score (nSPS) is 22.1. The van der Waals surface area contributed by atoms with Crippen molar-refractivity contribution in [1.29, 1.82) is 0 Å². The summed E-state index contributed by atoms with van der Waals surface area (Å²) in [4.78, 5) is 13.9. The minimum Gasteiger partial charge on any atom is -0.387 e. The predicted molar refractivity (Wildman–Crippen MR) is 70.8 cm³/mol. The Kier molecular flexibility index (Phi) is 2.87. The number of rotatable bonds is 4. The van der Waals surface area contributed by atoms with Gasteiger partial charge in [0.2, 0.25) is 5.91 Å². The molecule has 3 rings (SSSR count). The molecule has 0 unspecified atom stereocenters. The summed E-state index contributed by atoms with van der Waals surface area (Å²) in [6.07, 6.45) is 2.26. The van der Waals surface area contributed by atoms with Gasteiger partial charge in [0.15, 0.2) is 0 Å². The Morgan fingerprint density at radius 2 is 2.21 bits per heavy atom. The molecule has 0 radical (unpaired) electrons. The van der Waals surface area contributed by atoms with Crippen molar-refractivity contribution in [1.82, 2.24) is 15.1 Å². The first kappa shape index (κ1) is 12.6. The first-order chi connectivity index (χ1) is 8.98. The average molecular weight is 264 g/mol. The molecule has 6 nitrogen and oxygen atoms in total. The van der Waals surface area contributed by atoms with Crippen LogP contribution >= 0.6 is 0 Å². The van der Waals surface area contributed by atoms with Crippen LogP contribution in [0.3, 0.4) is 0 Å². The Morgan fingerprint density at radius 1 is 1.53 bits per heavy atom. The Hall–Kier alpha value is -1.40. The number of aromatic nitrogens is 2. The van der Waals surface area contributed by atoms with Gasteiger partial charge in [0.05, 0.1) is 29.2 Å². The number of β-amino-alcohol motifs (C(OH)–C–C–N with tert-alkyl or cyclic N) is 1. The second-order valence-corrected chi connectivity index (χ2v) is 5.88. The van der Waals surface area contributed by atoms with Gasteiger partial charge in [0.1, 0.15) is 0 Å². The van der Waals surface area contributed by atoms with Crippen LogP contribution in [0.1, 0.15) is 24.2 Å². The molecule has 2 heterocycles. The van der Waals surface area contributed by atoms with E-state index >= 15 is 0 Å². The second kappa shape index (κ2) is 4.31. The number of amides is 1. The fourth-order valence-electron chi connectivity index (χ4n) is 2.84. The van der Waals surface area contributed by atoms with E-state index in [9.17, 15) is 9.90 Å². The number of aryl methyl sites for hydroxylation is 2. The highest BCUT2D eigenvalue weighted by Gasteiger charge is 2.51. The molecule has 1 saturated carbocycles. The van der Waals surface area contributed by atoms with Crippen LogP contribution in [0.25, 0.3) is 0 Å². The van der Waals surface area contributed by atoms with Gasteiger partial charge in [-0.2, -0.15) is 5.10 Å². The second-order valence-electron chi connectivity index (χ2n) is 5.88. The molecule has 104 valence electrons. The highest BCUT2D eigenvalue weighted by Crippen LogP contribution is 2.44. The summed E-state index contributed by atoms with van der Waals surface area (Å²) in [5, 5.41) is 19.9. The van der Waals surface area contributed by atoms with E-state index in [1.807, 2.05) is 18.7 Å². The number of nitrogens with zero attached hydrogens (tertiary/aromatic N) is 2. The summed E-state index contributed by atoms with van der Waals surface area (Å²) in [5.41, 5.74) is 1.90. The molecule has 19 heavy (non-hydrogen) atoms. The molecule has 0 atom stereocenters. The van der Waals surface area contributed by atoms with E-state index in [0.717, 1.165) is 29.9 Å². The maximum atomic E-state index is 11.9. The molecule has 3 N–H and O–H groups in total. The van der Waals surface area contributed by atoms with Crippen LogP contribution < -0.4 is 5.32 Å². The highest BCUT2D eigenvalue weighted by molar-refractivity contribution is 5.93. The van der Waals surface area contributed by atoms with E-state index in [1.54, 1.807) is 0 Å². The number of aliphatic hydroxyl groups is 1. The van der Waals surface area contributed by atoms with Gasteiger partial charge in [-0.05, 0) is 32.6 Å². The van der Waals surface area contributed by atoms with E-state index in [1.165, 1.54) is 0 Å². The van der Waals surface area contributed by atoms with E-state index < -0.39 is 5.60 Å². The van der Waals surface area contributed by atoms with Crippen LogP contribution in [-0.2, 0) is 4.79 Å². The number of hydrogen-bond donors (Lipinski definition) is 3. The van der Waals surface area contributed by atoms with Crippen molar-refractivity contribution in [3.05, 3.63) is 11.4 Å². The van der Waals surface area contributed by atoms with E-state index in [4.69, 9.17) is 0 Å². The van der Waals surface area contributed by atoms with Gasteiger partial charge in [-0.25, -0.2) is 0 Å². The number of carbonyl (C=O) groups excluding carboxylic acids is 1. The molecule has 2 aliphatic rings. The minimum atomic E-state index is -0.526. The van der Waals surface area contributed by atoms with Crippen LogP contribution in [0, 0.1) is 19.8 Å². The molecule has 0 bridgehead atoms. The summed E-state index contributed by atoms with van der Waals surface area (Å²) >= 11 is 0. The van der Waals surface area contributed by atoms with Crippen LogP contribution in [0.2, 0.25) is 0 Å². The lowest BCUT2D eigenvalue weighted by atomic mass is 9.89. The Bertz CT molecular complexity index is 481. The van der Waals surface area contributed by atoms with Crippen molar-refractivity contribution in [3.8, 4) is 0 Å². The molecule has 1 aliphatic heterocycles. The smallest absolute Gasteiger partial charge is 0.238 e. The molecule has 1 aliphatic carbocycles. The number of likely N-dealkylation sites (tertiary alicyclic amines) is 1. The molecule has 0 spiro atoms. The van der Waals surface area contributed by atoms with E-state index in [0.29, 0.717) is 25.6 Å². The maximum absolute atomic E-state index is 11.9.